The van der Waals surface area contributed by atoms with E-state index in [-0.39, 0.29) is 44.9 Å². The van der Waals surface area contributed by atoms with Gasteiger partial charge in [0.1, 0.15) is 5.82 Å². The largest absolute Gasteiger partial charge is 0.319 e. The number of allylic oxidation sites excluding steroid dienone is 8. The Bertz CT molecular complexity index is 2160. The maximum absolute atomic E-state index is 13.8. The molecule has 10 atom stereocenters. The van der Waals surface area contributed by atoms with E-state index in [2.05, 4.69) is 62.0 Å². The van der Waals surface area contributed by atoms with Crippen molar-refractivity contribution < 1.29 is 22.8 Å². The normalized spacial score (nSPS) is 38.8. The molecule has 0 aromatic carbocycles. The second-order valence-corrected chi connectivity index (χ2v) is 20.0. The van der Waals surface area contributed by atoms with Gasteiger partial charge in [0.2, 0.25) is 11.8 Å². The van der Waals surface area contributed by atoms with E-state index in [9.17, 15) is 22.8 Å². The maximum Gasteiger partial charge on any atom is 0.265 e. The van der Waals surface area contributed by atoms with Crippen LogP contribution >= 0.6 is 0 Å². The number of hydrogen-bond acceptors (Lipinski definition) is 4. The van der Waals surface area contributed by atoms with Crippen LogP contribution in [-0.4, -0.2) is 45.7 Å². The number of fused-ring (bicyclic) bond motifs is 10. The number of nitrogens with zero attached hydrogens (tertiary/aromatic N) is 4. The predicted octanol–water partition coefficient (Wildman–Crippen LogP) is 11.2. The molecular weight excluding hydrogens is 734 g/mol. The van der Waals surface area contributed by atoms with Crippen LogP contribution in [0.2, 0.25) is 0 Å². The van der Waals surface area contributed by atoms with Crippen LogP contribution < -0.4 is 0 Å². The van der Waals surface area contributed by atoms with Crippen molar-refractivity contribution in [2.45, 2.75) is 111 Å². The van der Waals surface area contributed by atoms with Gasteiger partial charge in [-0.15, -0.1) is 0 Å². The van der Waals surface area contributed by atoms with E-state index in [4.69, 9.17) is 0 Å². The van der Waals surface area contributed by atoms with Crippen LogP contribution in [0, 0.1) is 63.0 Å². The number of carbonyl (C=O) groups excluding carboxylic acids is 2. The number of hydrogen-bond donors (Lipinski definition) is 0. The molecule has 0 spiro atoms. The zero-order valence-corrected chi connectivity index (χ0v) is 35.0. The summed E-state index contributed by atoms with van der Waals surface area (Å²) in [7, 11) is 3.88. The minimum absolute atomic E-state index is 0.00167. The average molecular weight is 793 g/mol. The molecule has 2 saturated heterocycles. The van der Waals surface area contributed by atoms with Gasteiger partial charge < -0.3 is 9.80 Å². The van der Waals surface area contributed by atoms with E-state index in [0.29, 0.717) is 48.3 Å². The molecule has 6 aliphatic carbocycles. The Labute approximate surface area is 342 Å². The summed E-state index contributed by atoms with van der Waals surface area (Å²) in [5.74, 6) is 3.72. The number of alkyl halides is 2. The quantitative estimate of drug-likeness (QED) is 0.310. The van der Waals surface area contributed by atoms with Crippen LogP contribution in [0.25, 0.3) is 11.1 Å². The van der Waals surface area contributed by atoms with E-state index in [1.54, 1.807) is 18.3 Å². The topological polar surface area (TPSA) is 66.4 Å². The van der Waals surface area contributed by atoms with Gasteiger partial charge in [0, 0.05) is 73.3 Å². The number of pyridine rings is 2. The molecule has 2 amide bonds. The molecule has 0 bridgehead atoms. The monoisotopic (exact) mass is 792 g/mol. The Kier molecular flexibility index (Phi) is 9.55. The van der Waals surface area contributed by atoms with Crippen molar-refractivity contribution in [2.75, 3.05) is 14.1 Å². The number of rotatable bonds is 3. The number of piperidine rings is 2. The SMILES string of the molecule is CN1C(=O)CC[C@@]2(C)C1=CC[C@@H]1[C@@H]2CC[C@]2(C)C(c3cncc(C(F)F)c3)=CC[C@@H]12.CN1C(=O)CC[C@@]2(C)C1=CC[C@@H]1[C@@H]2CC[C@]2(C)C(c3cncc(F)c3)=CC[C@@H]12. The molecule has 9 heteroatoms. The van der Waals surface area contributed by atoms with Crippen molar-refractivity contribution in [1.82, 2.24) is 19.8 Å². The molecule has 0 N–H and O–H groups in total. The average Bonchev–Trinajstić information content (AvgIpc) is 3.75. The highest BCUT2D eigenvalue weighted by atomic mass is 19.3. The van der Waals surface area contributed by atoms with Crippen LogP contribution in [0.3, 0.4) is 0 Å². The molecule has 8 aliphatic rings. The van der Waals surface area contributed by atoms with Crippen LogP contribution in [0.1, 0.15) is 128 Å². The summed E-state index contributed by atoms with van der Waals surface area (Å²) in [6, 6.07) is 3.27. The van der Waals surface area contributed by atoms with Gasteiger partial charge in [0.05, 0.1) is 6.20 Å². The summed E-state index contributed by atoms with van der Waals surface area (Å²) in [5, 5.41) is 0. The molecule has 4 fully saturated rings. The van der Waals surface area contributed by atoms with Gasteiger partial charge in [0.25, 0.3) is 6.43 Å². The standard InChI is InChI=1S/C25H30F2N2O.C24H29FN2O/c1-24-10-8-20-17(4-7-21-25(20,2)11-9-22(30)29(21)3)19(24)6-5-18(24)15-12-16(23(26)27)14-28-13-15;1-23-10-8-20-17(4-7-21-24(20,2)11-9-22(28)27(21)3)19(23)6-5-18(23)15-12-16(25)14-26-13-15/h5,7,12-14,17,19-20,23H,4,6,8-11H2,1-3H3;5,7,12-14,17,19-20H,4,6,8-11H2,1-3H3/t17-,19-,20-,24+,25+;17-,19-,20-,23+,24+/m00/s1. The number of likely N-dealkylation sites (tertiary alicyclic amines) is 2. The lowest BCUT2D eigenvalue weighted by Crippen LogP contribution is -2.53. The van der Waals surface area contributed by atoms with Gasteiger partial charge in [-0.25, -0.2) is 13.2 Å². The molecule has 2 saturated carbocycles. The molecular formula is C49H59F3N4O2. The highest BCUT2D eigenvalue weighted by Gasteiger charge is 2.59. The summed E-state index contributed by atoms with van der Waals surface area (Å²) in [4.78, 5) is 36.6. The highest BCUT2D eigenvalue weighted by Crippen LogP contribution is 2.67. The molecule has 58 heavy (non-hydrogen) atoms. The first kappa shape index (κ1) is 39.5. The lowest BCUT2D eigenvalue weighted by atomic mass is 9.49. The molecule has 308 valence electrons. The van der Waals surface area contributed by atoms with Gasteiger partial charge >= 0.3 is 0 Å². The third kappa shape index (κ3) is 5.85. The first-order valence-corrected chi connectivity index (χ1v) is 21.8. The second kappa shape index (κ2) is 14.0. The first-order valence-electron chi connectivity index (χ1n) is 21.8. The van der Waals surface area contributed by atoms with Crippen molar-refractivity contribution >= 4 is 23.0 Å². The van der Waals surface area contributed by atoms with Gasteiger partial charge in [-0.2, -0.15) is 0 Å². The number of amides is 2. The fourth-order valence-corrected chi connectivity index (χ4v) is 14.5. The summed E-state index contributed by atoms with van der Waals surface area (Å²) in [5.41, 5.74) is 7.05. The summed E-state index contributed by atoms with van der Waals surface area (Å²) < 4.78 is 40.3. The Hall–Kier alpha value is -4.01. The number of carbonyl (C=O) groups is 2. The molecule has 4 heterocycles. The van der Waals surface area contributed by atoms with Crippen molar-refractivity contribution in [2.24, 2.45) is 57.2 Å². The molecule has 0 unspecified atom stereocenters. The Morgan fingerprint density at radius 2 is 1.07 bits per heavy atom. The Morgan fingerprint density at radius 3 is 1.53 bits per heavy atom. The molecule has 2 aromatic heterocycles. The van der Waals surface area contributed by atoms with Crippen molar-refractivity contribution in [1.29, 1.82) is 0 Å². The Balaban J connectivity index is 0.000000151. The summed E-state index contributed by atoms with van der Waals surface area (Å²) >= 11 is 0. The zero-order chi connectivity index (χ0) is 40.9. The molecule has 6 nitrogen and oxygen atoms in total. The molecule has 0 radical (unpaired) electrons. The van der Waals surface area contributed by atoms with Crippen LogP contribution in [0.5, 0.6) is 0 Å². The lowest BCUT2D eigenvalue weighted by Gasteiger charge is -2.58. The van der Waals surface area contributed by atoms with Crippen molar-refractivity contribution in [3.05, 3.63) is 95.1 Å². The Morgan fingerprint density at radius 1 is 0.603 bits per heavy atom. The summed E-state index contributed by atoms with van der Waals surface area (Å²) in [6.45, 7) is 9.47. The molecule has 10 rings (SSSR count). The number of aromatic nitrogens is 2. The van der Waals surface area contributed by atoms with Crippen molar-refractivity contribution in [3.8, 4) is 0 Å². The van der Waals surface area contributed by atoms with E-state index in [1.807, 2.05) is 30.1 Å². The number of halogens is 3. The first-order chi connectivity index (χ1) is 27.6. The fraction of sp³-hybridized carbons (Fsp3) is 0.592. The van der Waals surface area contributed by atoms with Crippen LogP contribution in [-0.2, 0) is 9.59 Å². The fourth-order valence-electron chi connectivity index (χ4n) is 14.5. The van der Waals surface area contributed by atoms with E-state index in [1.165, 1.54) is 41.4 Å². The van der Waals surface area contributed by atoms with Gasteiger partial charge in [0.15, 0.2) is 0 Å². The third-order valence-corrected chi connectivity index (χ3v) is 17.5. The van der Waals surface area contributed by atoms with E-state index in [0.717, 1.165) is 68.9 Å². The van der Waals surface area contributed by atoms with Gasteiger partial charge in [-0.3, -0.25) is 19.6 Å². The maximum atomic E-state index is 13.8. The minimum Gasteiger partial charge on any atom is -0.319 e. The highest BCUT2D eigenvalue weighted by molar-refractivity contribution is 5.80. The predicted molar refractivity (Wildman–Crippen MR) is 220 cm³/mol. The van der Waals surface area contributed by atoms with Crippen molar-refractivity contribution in [3.63, 3.8) is 0 Å². The van der Waals surface area contributed by atoms with Gasteiger partial charge in [-0.1, -0.05) is 52.0 Å². The molecule has 2 aliphatic heterocycles. The minimum atomic E-state index is -2.49. The molecule has 2 aromatic rings. The van der Waals surface area contributed by atoms with E-state index < -0.39 is 6.43 Å². The van der Waals surface area contributed by atoms with Gasteiger partial charge in [-0.05, 0) is 145 Å². The summed E-state index contributed by atoms with van der Waals surface area (Å²) in [6.07, 6.45) is 24.7. The zero-order valence-electron chi connectivity index (χ0n) is 35.0. The van der Waals surface area contributed by atoms with Crippen LogP contribution in [0.15, 0.2) is 72.6 Å². The van der Waals surface area contributed by atoms with E-state index >= 15 is 0 Å². The van der Waals surface area contributed by atoms with Crippen LogP contribution in [0.4, 0.5) is 13.2 Å². The lowest BCUT2D eigenvalue weighted by molar-refractivity contribution is -0.135. The second-order valence-electron chi connectivity index (χ2n) is 20.0. The smallest absolute Gasteiger partial charge is 0.265 e. The third-order valence-electron chi connectivity index (χ3n) is 17.5.